The maximum atomic E-state index is 12.7. The number of aromatic nitrogens is 4. The van der Waals surface area contributed by atoms with Gasteiger partial charge in [-0.05, 0) is 38.1 Å². The van der Waals surface area contributed by atoms with E-state index in [2.05, 4.69) is 41.4 Å². The van der Waals surface area contributed by atoms with Crippen molar-refractivity contribution in [2.45, 2.75) is 31.0 Å². The van der Waals surface area contributed by atoms with Crippen LogP contribution in [0.2, 0.25) is 0 Å². The van der Waals surface area contributed by atoms with Crippen LogP contribution in [0.15, 0.2) is 58.2 Å². The van der Waals surface area contributed by atoms with Crippen molar-refractivity contribution < 1.29 is 0 Å². The van der Waals surface area contributed by atoms with Gasteiger partial charge in [-0.3, -0.25) is 13.8 Å². The van der Waals surface area contributed by atoms with Crippen molar-refractivity contribution in [1.29, 1.82) is 0 Å². The second-order valence-corrected chi connectivity index (χ2v) is 6.97. The van der Waals surface area contributed by atoms with Crippen LogP contribution in [0.25, 0.3) is 16.7 Å². The van der Waals surface area contributed by atoms with Gasteiger partial charge >= 0.3 is 0 Å². The summed E-state index contributed by atoms with van der Waals surface area (Å²) in [6.45, 7) is 4.60. The maximum Gasteiger partial charge on any atom is 0.262 e. The molecule has 0 unspecified atom stereocenters. The van der Waals surface area contributed by atoms with Gasteiger partial charge in [0.1, 0.15) is 5.82 Å². The summed E-state index contributed by atoms with van der Waals surface area (Å²) >= 11 is 1.72. The molecule has 0 fully saturated rings. The van der Waals surface area contributed by atoms with Crippen LogP contribution in [-0.4, -0.2) is 19.2 Å². The molecule has 0 saturated carbocycles. The van der Waals surface area contributed by atoms with Gasteiger partial charge in [-0.1, -0.05) is 29.8 Å². The fraction of sp³-hybridized carbons (Fsp3) is 0.211. The van der Waals surface area contributed by atoms with Crippen LogP contribution in [0, 0.1) is 6.92 Å². The van der Waals surface area contributed by atoms with E-state index in [0.29, 0.717) is 23.5 Å². The first kappa shape index (κ1) is 15.9. The number of nitrogens with zero attached hydrogens (tertiary/aromatic N) is 4. The average molecular weight is 350 g/mol. The normalized spacial score (nSPS) is 11.4. The van der Waals surface area contributed by atoms with Crippen molar-refractivity contribution in [2.24, 2.45) is 0 Å². The molecule has 25 heavy (non-hydrogen) atoms. The third kappa shape index (κ3) is 2.72. The number of thioether (sulfide) groups is 1. The zero-order valence-electron chi connectivity index (χ0n) is 14.1. The standard InChI is InChI=1S/C19H18N4OS/c1-3-22-18(24)15-6-4-5-7-16(15)23-17(20-21-19(22)23)12-25-14-10-8-13(2)9-11-14/h4-11H,3,12H2,1-2H3. The molecule has 0 atom stereocenters. The van der Waals surface area contributed by atoms with Crippen LogP contribution in [0.3, 0.4) is 0 Å². The number of para-hydroxylation sites is 1. The van der Waals surface area contributed by atoms with Gasteiger partial charge in [0, 0.05) is 11.4 Å². The second kappa shape index (κ2) is 6.37. The molecule has 2 heterocycles. The van der Waals surface area contributed by atoms with E-state index in [1.807, 2.05) is 35.6 Å². The average Bonchev–Trinajstić information content (AvgIpc) is 3.06. The Labute approximate surface area is 149 Å². The SMILES string of the molecule is CCn1c(=O)c2ccccc2n2c(CSc3ccc(C)cc3)nnc12. The van der Waals surface area contributed by atoms with E-state index >= 15 is 0 Å². The Hall–Kier alpha value is -2.60. The molecule has 6 heteroatoms. The number of hydrogen-bond acceptors (Lipinski definition) is 4. The molecule has 0 aliphatic rings. The molecule has 0 saturated heterocycles. The largest absolute Gasteiger partial charge is 0.277 e. The minimum atomic E-state index is -0.0178. The highest BCUT2D eigenvalue weighted by atomic mass is 32.2. The quantitative estimate of drug-likeness (QED) is 0.527. The van der Waals surface area contributed by atoms with Gasteiger partial charge in [-0.15, -0.1) is 22.0 Å². The lowest BCUT2D eigenvalue weighted by Crippen LogP contribution is -2.22. The summed E-state index contributed by atoms with van der Waals surface area (Å²) < 4.78 is 3.68. The number of rotatable bonds is 4. The summed E-state index contributed by atoms with van der Waals surface area (Å²) in [4.78, 5) is 13.9. The van der Waals surface area contributed by atoms with Crippen molar-refractivity contribution in [3.63, 3.8) is 0 Å². The summed E-state index contributed by atoms with van der Waals surface area (Å²) in [5, 5.41) is 9.34. The molecule has 0 radical (unpaired) electrons. The Balaban J connectivity index is 1.84. The molecular weight excluding hydrogens is 332 g/mol. The van der Waals surface area contributed by atoms with E-state index in [1.165, 1.54) is 10.5 Å². The molecule has 0 amide bonds. The number of benzene rings is 2. The molecule has 2 aromatic carbocycles. The highest BCUT2D eigenvalue weighted by Crippen LogP contribution is 2.24. The molecule has 126 valence electrons. The molecule has 4 aromatic rings. The molecule has 0 bridgehead atoms. The molecule has 4 rings (SSSR count). The fourth-order valence-corrected chi connectivity index (χ4v) is 3.79. The zero-order valence-corrected chi connectivity index (χ0v) is 15.0. The van der Waals surface area contributed by atoms with Gasteiger partial charge in [0.15, 0.2) is 0 Å². The molecule has 0 N–H and O–H groups in total. The maximum absolute atomic E-state index is 12.7. The van der Waals surface area contributed by atoms with E-state index in [4.69, 9.17) is 0 Å². The summed E-state index contributed by atoms with van der Waals surface area (Å²) in [6.07, 6.45) is 0. The predicted octanol–water partition coefficient (Wildman–Crippen LogP) is 3.66. The molecule has 0 aliphatic carbocycles. The van der Waals surface area contributed by atoms with Gasteiger partial charge < -0.3 is 0 Å². The van der Waals surface area contributed by atoms with Crippen molar-refractivity contribution in [1.82, 2.24) is 19.2 Å². The van der Waals surface area contributed by atoms with Crippen molar-refractivity contribution in [2.75, 3.05) is 0 Å². The minimum absolute atomic E-state index is 0.0178. The third-order valence-electron chi connectivity index (χ3n) is 4.28. The second-order valence-electron chi connectivity index (χ2n) is 5.92. The zero-order chi connectivity index (χ0) is 17.4. The first-order chi connectivity index (χ1) is 12.2. The minimum Gasteiger partial charge on any atom is -0.277 e. The summed E-state index contributed by atoms with van der Waals surface area (Å²) in [5.41, 5.74) is 2.09. The Morgan fingerprint density at radius 3 is 2.56 bits per heavy atom. The van der Waals surface area contributed by atoms with Gasteiger partial charge in [0.2, 0.25) is 5.78 Å². The lowest BCUT2D eigenvalue weighted by Gasteiger charge is -2.09. The molecule has 0 spiro atoms. The highest BCUT2D eigenvalue weighted by Gasteiger charge is 2.15. The van der Waals surface area contributed by atoms with Crippen molar-refractivity contribution in [3.8, 4) is 0 Å². The lowest BCUT2D eigenvalue weighted by atomic mass is 10.2. The summed E-state index contributed by atoms with van der Waals surface area (Å²) in [7, 11) is 0. The van der Waals surface area contributed by atoms with Crippen LogP contribution >= 0.6 is 11.8 Å². The first-order valence-electron chi connectivity index (χ1n) is 8.24. The number of fused-ring (bicyclic) bond motifs is 3. The van der Waals surface area contributed by atoms with Gasteiger partial charge in [0.25, 0.3) is 5.56 Å². The monoisotopic (exact) mass is 350 g/mol. The summed E-state index contributed by atoms with van der Waals surface area (Å²) in [6, 6.07) is 16.1. The Morgan fingerprint density at radius 1 is 1.04 bits per heavy atom. The van der Waals surface area contributed by atoms with Crippen LogP contribution < -0.4 is 5.56 Å². The van der Waals surface area contributed by atoms with E-state index in [0.717, 1.165) is 11.3 Å². The topological polar surface area (TPSA) is 52.2 Å². The van der Waals surface area contributed by atoms with Crippen molar-refractivity contribution in [3.05, 3.63) is 70.3 Å². The highest BCUT2D eigenvalue weighted by molar-refractivity contribution is 7.98. The molecular formula is C19H18N4OS. The van der Waals surface area contributed by atoms with Gasteiger partial charge in [-0.2, -0.15) is 0 Å². The van der Waals surface area contributed by atoms with E-state index in [1.54, 1.807) is 16.3 Å². The Kier molecular flexibility index (Phi) is 4.05. The van der Waals surface area contributed by atoms with Gasteiger partial charge in [0.05, 0.1) is 16.7 Å². The van der Waals surface area contributed by atoms with Crippen LogP contribution in [0.1, 0.15) is 18.3 Å². The number of hydrogen-bond donors (Lipinski definition) is 0. The lowest BCUT2D eigenvalue weighted by molar-refractivity contribution is 0.735. The van der Waals surface area contributed by atoms with Crippen molar-refractivity contribution >= 4 is 28.4 Å². The first-order valence-corrected chi connectivity index (χ1v) is 9.22. The third-order valence-corrected chi connectivity index (χ3v) is 5.29. The Morgan fingerprint density at radius 2 is 1.80 bits per heavy atom. The van der Waals surface area contributed by atoms with Crippen LogP contribution in [-0.2, 0) is 12.3 Å². The van der Waals surface area contributed by atoms with Crippen LogP contribution in [0.4, 0.5) is 0 Å². The van der Waals surface area contributed by atoms with E-state index in [9.17, 15) is 4.79 Å². The summed E-state index contributed by atoms with van der Waals surface area (Å²) in [5.74, 6) is 2.14. The number of aryl methyl sites for hydroxylation is 2. The molecule has 5 nitrogen and oxygen atoms in total. The Bertz CT molecular complexity index is 1110. The van der Waals surface area contributed by atoms with Crippen LogP contribution in [0.5, 0.6) is 0 Å². The predicted molar refractivity (Wildman–Crippen MR) is 101 cm³/mol. The fourth-order valence-electron chi connectivity index (χ4n) is 2.98. The molecule has 0 aliphatic heterocycles. The van der Waals surface area contributed by atoms with Gasteiger partial charge in [-0.25, -0.2) is 0 Å². The molecule has 2 aromatic heterocycles. The van der Waals surface area contributed by atoms with E-state index < -0.39 is 0 Å². The smallest absolute Gasteiger partial charge is 0.262 e. The van der Waals surface area contributed by atoms with E-state index in [-0.39, 0.29) is 5.56 Å².